The van der Waals surface area contributed by atoms with Crippen LogP contribution in [0.1, 0.15) is 51.6 Å². The van der Waals surface area contributed by atoms with Gasteiger partial charge in [0.25, 0.3) is 0 Å². The van der Waals surface area contributed by atoms with Gasteiger partial charge in [-0.2, -0.15) is 0 Å². The number of ketones is 1. The second-order valence-corrected chi connectivity index (χ2v) is 10.9. The SMILES string of the molecule is COc1ccc2c(c1)CCC(CN1CCN(c3c(F)cc4c(=O)c(C(=O)O)cn(C5CC5)c4c3OC)CC1)C2=O. The van der Waals surface area contributed by atoms with Crippen LogP contribution in [-0.2, 0) is 6.42 Å². The molecule has 1 N–H and O–H groups in total. The summed E-state index contributed by atoms with van der Waals surface area (Å²) in [5, 5.41) is 9.57. The first-order valence-corrected chi connectivity index (χ1v) is 13.7. The quantitative estimate of drug-likeness (QED) is 0.476. The summed E-state index contributed by atoms with van der Waals surface area (Å²) in [6, 6.07) is 6.83. The first kappa shape index (κ1) is 26.3. The second kappa shape index (κ2) is 10.2. The minimum atomic E-state index is -1.33. The fourth-order valence-corrected chi connectivity index (χ4v) is 6.19. The van der Waals surface area contributed by atoms with E-state index in [9.17, 15) is 19.5 Å². The fourth-order valence-electron chi connectivity index (χ4n) is 6.19. The summed E-state index contributed by atoms with van der Waals surface area (Å²) in [5.41, 5.74) is 1.42. The number of benzene rings is 2. The van der Waals surface area contributed by atoms with Crippen molar-refractivity contribution in [3.8, 4) is 11.5 Å². The Hall–Kier alpha value is -3.92. The third kappa shape index (κ3) is 4.50. The molecule has 0 radical (unpaired) electrons. The van der Waals surface area contributed by atoms with Crippen molar-refractivity contribution in [1.82, 2.24) is 9.47 Å². The van der Waals surface area contributed by atoms with Crippen LogP contribution in [0.15, 0.2) is 35.3 Å². The molecular weight excluding hydrogens is 517 g/mol. The van der Waals surface area contributed by atoms with E-state index in [1.54, 1.807) is 11.7 Å². The van der Waals surface area contributed by atoms with Crippen molar-refractivity contribution in [3.05, 3.63) is 63.2 Å². The number of anilines is 1. The highest BCUT2D eigenvalue weighted by molar-refractivity contribution is 6.00. The van der Waals surface area contributed by atoms with Gasteiger partial charge in [-0.3, -0.25) is 14.5 Å². The van der Waals surface area contributed by atoms with Gasteiger partial charge in [0.15, 0.2) is 17.3 Å². The van der Waals surface area contributed by atoms with Gasteiger partial charge in [-0.05, 0) is 55.5 Å². The van der Waals surface area contributed by atoms with E-state index in [-0.39, 0.29) is 40.1 Å². The van der Waals surface area contributed by atoms with Gasteiger partial charge in [-0.25, -0.2) is 9.18 Å². The van der Waals surface area contributed by atoms with E-state index in [1.807, 2.05) is 23.1 Å². The molecule has 10 heteroatoms. The molecule has 1 unspecified atom stereocenters. The third-order valence-electron chi connectivity index (χ3n) is 8.45. The van der Waals surface area contributed by atoms with Crippen LogP contribution in [0, 0.1) is 11.7 Å². The first-order chi connectivity index (χ1) is 19.3. The average molecular weight is 550 g/mol. The molecular formula is C30H32FN3O6. The van der Waals surface area contributed by atoms with Crippen molar-refractivity contribution in [2.24, 2.45) is 5.92 Å². The summed E-state index contributed by atoms with van der Waals surface area (Å²) in [5.74, 6) is -0.870. The van der Waals surface area contributed by atoms with Crippen molar-refractivity contribution in [2.45, 2.75) is 31.7 Å². The molecule has 1 aliphatic heterocycles. The number of halogens is 1. The van der Waals surface area contributed by atoms with E-state index in [0.29, 0.717) is 38.2 Å². The van der Waals surface area contributed by atoms with E-state index in [2.05, 4.69) is 4.90 Å². The summed E-state index contributed by atoms with van der Waals surface area (Å²) >= 11 is 0. The molecule has 2 fully saturated rings. The van der Waals surface area contributed by atoms with Gasteiger partial charge >= 0.3 is 5.97 Å². The van der Waals surface area contributed by atoms with Crippen LogP contribution in [0.5, 0.6) is 11.5 Å². The number of Topliss-reactive ketones (excluding diaryl/α,β-unsaturated/α-hetero) is 1. The number of ether oxygens (including phenoxy) is 2. The van der Waals surface area contributed by atoms with Gasteiger partial charge in [-0.1, -0.05) is 0 Å². The van der Waals surface area contributed by atoms with Crippen molar-refractivity contribution in [1.29, 1.82) is 0 Å². The van der Waals surface area contributed by atoms with E-state index in [0.717, 1.165) is 48.6 Å². The lowest BCUT2D eigenvalue weighted by Gasteiger charge is -2.38. The van der Waals surface area contributed by atoms with Gasteiger partial charge < -0.3 is 24.0 Å². The molecule has 2 heterocycles. The molecule has 3 aromatic rings. The summed E-state index contributed by atoms with van der Waals surface area (Å²) < 4.78 is 28.4. The third-order valence-corrected chi connectivity index (χ3v) is 8.45. The summed E-state index contributed by atoms with van der Waals surface area (Å²) in [6.07, 6.45) is 4.67. The van der Waals surface area contributed by atoms with Crippen LogP contribution in [0.3, 0.4) is 0 Å². The predicted molar refractivity (Wildman–Crippen MR) is 148 cm³/mol. The number of nitrogens with zero attached hydrogens (tertiary/aromatic N) is 3. The van der Waals surface area contributed by atoms with Crippen molar-refractivity contribution >= 4 is 28.3 Å². The Morgan fingerprint density at radius 2 is 1.80 bits per heavy atom. The Balaban J connectivity index is 1.24. The molecule has 40 heavy (non-hydrogen) atoms. The van der Waals surface area contributed by atoms with Gasteiger partial charge in [0.1, 0.15) is 17.0 Å². The highest BCUT2D eigenvalue weighted by atomic mass is 19.1. The second-order valence-electron chi connectivity index (χ2n) is 10.9. The van der Waals surface area contributed by atoms with Gasteiger partial charge in [-0.15, -0.1) is 0 Å². The van der Waals surface area contributed by atoms with Crippen LogP contribution >= 0.6 is 0 Å². The number of aromatic carboxylic acids is 1. The lowest BCUT2D eigenvalue weighted by atomic mass is 9.82. The Morgan fingerprint density at radius 1 is 1.05 bits per heavy atom. The number of aryl methyl sites for hydroxylation is 1. The lowest BCUT2D eigenvalue weighted by molar-refractivity contribution is 0.0694. The minimum Gasteiger partial charge on any atom is -0.497 e. The highest BCUT2D eigenvalue weighted by Crippen LogP contribution is 2.44. The molecule has 0 spiro atoms. The van der Waals surface area contributed by atoms with Gasteiger partial charge in [0.2, 0.25) is 5.43 Å². The molecule has 2 aromatic carbocycles. The number of pyridine rings is 1. The molecule has 210 valence electrons. The number of carboxylic acids is 1. The molecule has 1 atom stereocenters. The Labute approximate surface area is 230 Å². The summed E-state index contributed by atoms with van der Waals surface area (Å²) in [6.45, 7) is 2.98. The van der Waals surface area contributed by atoms with E-state index in [4.69, 9.17) is 9.47 Å². The number of carbonyl (C=O) groups excluding carboxylic acids is 1. The highest BCUT2D eigenvalue weighted by Gasteiger charge is 2.34. The number of aromatic nitrogens is 1. The number of methoxy groups -OCH3 is 2. The summed E-state index contributed by atoms with van der Waals surface area (Å²) in [7, 11) is 3.07. The van der Waals surface area contributed by atoms with Crippen LogP contribution in [0.4, 0.5) is 10.1 Å². The molecule has 0 amide bonds. The Kier molecular flexibility index (Phi) is 6.74. The largest absolute Gasteiger partial charge is 0.497 e. The smallest absolute Gasteiger partial charge is 0.341 e. The van der Waals surface area contributed by atoms with E-state index < -0.39 is 17.2 Å². The fraction of sp³-hybridized carbons (Fsp3) is 0.433. The van der Waals surface area contributed by atoms with Crippen molar-refractivity contribution in [3.63, 3.8) is 0 Å². The maximum absolute atomic E-state index is 15.6. The normalized spacial score (nSPS) is 19.5. The molecule has 6 rings (SSSR count). The number of carbonyl (C=O) groups is 2. The number of piperazine rings is 1. The number of fused-ring (bicyclic) bond motifs is 2. The van der Waals surface area contributed by atoms with Crippen molar-refractivity contribution in [2.75, 3.05) is 51.8 Å². The first-order valence-electron chi connectivity index (χ1n) is 13.7. The van der Waals surface area contributed by atoms with Crippen molar-refractivity contribution < 1.29 is 28.6 Å². The van der Waals surface area contributed by atoms with Crippen LogP contribution < -0.4 is 19.8 Å². The van der Waals surface area contributed by atoms with Gasteiger partial charge in [0, 0.05) is 56.4 Å². The molecule has 1 saturated heterocycles. The monoisotopic (exact) mass is 549 g/mol. The minimum absolute atomic E-state index is 0.0113. The van der Waals surface area contributed by atoms with Crippen LogP contribution in [0.25, 0.3) is 10.9 Å². The molecule has 1 saturated carbocycles. The molecule has 1 aromatic heterocycles. The molecule has 3 aliphatic rings. The standard InChI is InChI=1S/C30H32FN3O6/c1-39-20-7-8-21-17(13-20)3-4-18(27(21)35)15-32-9-11-33(12-10-32)26-24(31)14-22-25(29(26)40-2)34(19-5-6-19)16-23(28(22)36)30(37)38/h7-8,13-14,16,18-19H,3-6,9-12,15H2,1-2H3,(H,37,38). The Morgan fingerprint density at radius 3 is 2.45 bits per heavy atom. The average Bonchev–Trinajstić information content (AvgIpc) is 3.80. The molecule has 0 bridgehead atoms. The lowest BCUT2D eigenvalue weighted by Crippen LogP contribution is -2.49. The zero-order chi connectivity index (χ0) is 28.1. The number of carboxylic acid groups (broad SMARTS) is 1. The predicted octanol–water partition coefficient (Wildman–Crippen LogP) is 3.76. The molecule has 9 nitrogen and oxygen atoms in total. The Bertz CT molecular complexity index is 1570. The van der Waals surface area contributed by atoms with Crippen LogP contribution in [0.2, 0.25) is 0 Å². The maximum Gasteiger partial charge on any atom is 0.341 e. The number of rotatable bonds is 7. The van der Waals surface area contributed by atoms with Crippen LogP contribution in [-0.4, -0.2) is 73.3 Å². The zero-order valence-electron chi connectivity index (χ0n) is 22.6. The number of hydrogen-bond donors (Lipinski definition) is 1. The zero-order valence-corrected chi connectivity index (χ0v) is 22.6. The maximum atomic E-state index is 15.6. The molecule has 2 aliphatic carbocycles. The topological polar surface area (TPSA) is 101 Å². The van der Waals surface area contributed by atoms with E-state index >= 15 is 4.39 Å². The number of hydrogen-bond acceptors (Lipinski definition) is 7. The van der Waals surface area contributed by atoms with E-state index in [1.165, 1.54) is 13.3 Å². The summed E-state index contributed by atoms with van der Waals surface area (Å²) in [4.78, 5) is 42.1. The van der Waals surface area contributed by atoms with Gasteiger partial charge in [0.05, 0.1) is 25.1 Å².